The van der Waals surface area contributed by atoms with Crippen LogP contribution in [0.5, 0.6) is 0 Å². The molecular formula is C26H26N4O4. The lowest BCUT2D eigenvalue weighted by Crippen LogP contribution is -2.40. The highest BCUT2D eigenvalue weighted by atomic mass is 16.4. The summed E-state index contributed by atoms with van der Waals surface area (Å²) in [5.41, 5.74) is 1.81. The number of carbonyl (C=O) groups is 2. The van der Waals surface area contributed by atoms with Crippen molar-refractivity contribution in [3.8, 4) is 0 Å². The minimum atomic E-state index is -1.06. The summed E-state index contributed by atoms with van der Waals surface area (Å²) in [7, 11) is 0. The second-order valence-corrected chi connectivity index (χ2v) is 8.17. The predicted molar refractivity (Wildman–Crippen MR) is 129 cm³/mol. The standard InChI is InChI=1S/C26H26N4O4/c31-25(32)17-30(18-26(33)34)14-13-29(15-23-21-7-3-1-5-19(21)9-11-27-23)16-24-22-8-4-2-6-20(22)10-12-28-24/h1-12H,13-18H2,(H,31,32)(H,33,34). The number of pyridine rings is 2. The van der Waals surface area contributed by atoms with Gasteiger partial charge in [-0.05, 0) is 22.9 Å². The molecule has 0 aliphatic heterocycles. The van der Waals surface area contributed by atoms with Crippen molar-refractivity contribution in [2.45, 2.75) is 13.1 Å². The van der Waals surface area contributed by atoms with Crippen molar-refractivity contribution in [2.24, 2.45) is 0 Å². The zero-order valence-electron chi connectivity index (χ0n) is 18.7. The number of hydrogen-bond acceptors (Lipinski definition) is 6. The molecule has 0 aliphatic rings. The molecule has 2 aromatic carbocycles. The lowest BCUT2D eigenvalue weighted by Gasteiger charge is -2.26. The first-order valence-electron chi connectivity index (χ1n) is 11.0. The molecule has 0 bridgehead atoms. The fraction of sp³-hybridized carbons (Fsp3) is 0.231. The van der Waals surface area contributed by atoms with Gasteiger partial charge in [-0.2, -0.15) is 0 Å². The molecule has 0 aliphatic carbocycles. The van der Waals surface area contributed by atoms with Crippen LogP contribution in [-0.2, 0) is 22.7 Å². The van der Waals surface area contributed by atoms with Gasteiger partial charge in [0.15, 0.2) is 0 Å². The minimum Gasteiger partial charge on any atom is -0.480 e. The first kappa shape index (κ1) is 23.3. The van der Waals surface area contributed by atoms with Crippen LogP contribution >= 0.6 is 0 Å². The summed E-state index contributed by atoms with van der Waals surface area (Å²) >= 11 is 0. The summed E-state index contributed by atoms with van der Waals surface area (Å²) in [4.78, 5) is 35.3. The smallest absolute Gasteiger partial charge is 0.317 e. The van der Waals surface area contributed by atoms with Crippen LogP contribution in [-0.4, -0.2) is 68.1 Å². The molecule has 0 amide bonds. The fourth-order valence-electron chi connectivity index (χ4n) is 4.13. The number of nitrogens with zero attached hydrogens (tertiary/aromatic N) is 4. The normalized spacial score (nSPS) is 11.5. The Labute approximate surface area is 197 Å². The second-order valence-electron chi connectivity index (χ2n) is 8.17. The van der Waals surface area contributed by atoms with Gasteiger partial charge in [-0.25, -0.2) is 0 Å². The van der Waals surface area contributed by atoms with Gasteiger partial charge in [0.1, 0.15) is 0 Å². The predicted octanol–water partition coefficient (Wildman–Crippen LogP) is 3.26. The monoisotopic (exact) mass is 458 g/mol. The lowest BCUT2D eigenvalue weighted by molar-refractivity contribution is -0.141. The largest absolute Gasteiger partial charge is 0.480 e. The van der Waals surface area contributed by atoms with E-state index in [0.717, 1.165) is 32.9 Å². The van der Waals surface area contributed by atoms with Gasteiger partial charge in [0.05, 0.1) is 24.5 Å². The van der Waals surface area contributed by atoms with Crippen molar-refractivity contribution in [3.05, 3.63) is 84.4 Å². The summed E-state index contributed by atoms with van der Waals surface area (Å²) in [6.45, 7) is 1.10. The molecule has 2 heterocycles. The summed E-state index contributed by atoms with van der Waals surface area (Å²) < 4.78 is 0. The first-order chi connectivity index (χ1) is 16.5. The van der Waals surface area contributed by atoms with E-state index in [1.807, 2.05) is 60.7 Å². The zero-order valence-corrected chi connectivity index (χ0v) is 18.7. The van der Waals surface area contributed by atoms with Gasteiger partial charge in [-0.1, -0.05) is 48.5 Å². The topological polar surface area (TPSA) is 107 Å². The summed E-state index contributed by atoms with van der Waals surface area (Å²) in [5, 5.41) is 22.7. The number of rotatable bonds is 11. The molecule has 2 N–H and O–H groups in total. The van der Waals surface area contributed by atoms with Crippen molar-refractivity contribution in [3.63, 3.8) is 0 Å². The summed E-state index contributed by atoms with van der Waals surface area (Å²) in [6.07, 6.45) is 3.57. The third kappa shape index (κ3) is 5.92. The van der Waals surface area contributed by atoms with Gasteiger partial charge in [0.25, 0.3) is 0 Å². The van der Waals surface area contributed by atoms with E-state index in [0.29, 0.717) is 19.6 Å². The Morgan fingerprint density at radius 2 is 1.09 bits per heavy atom. The highest BCUT2D eigenvalue weighted by Crippen LogP contribution is 2.21. The quantitative estimate of drug-likeness (QED) is 0.353. The van der Waals surface area contributed by atoms with E-state index in [9.17, 15) is 19.8 Å². The molecule has 34 heavy (non-hydrogen) atoms. The van der Waals surface area contributed by atoms with Crippen molar-refractivity contribution >= 4 is 33.5 Å². The first-order valence-corrected chi connectivity index (χ1v) is 11.0. The van der Waals surface area contributed by atoms with Crippen LogP contribution in [0.4, 0.5) is 0 Å². The van der Waals surface area contributed by atoms with Crippen LogP contribution in [0.15, 0.2) is 73.1 Å². The molecule has 8 heteroatoms. The van der Waals surface area contributed by atoms with Gasteiger partial charge < -0.3 is 10.2 Å². The molecule has 4 rings (SSSR count). The van der Waals surface area contributed by atoms with Gasteiger partial charge in [0, 0.05) is 49.3 Å². The van der Waals surface area contributed by atoms with E-state index < -0.39 is 11.9 Å². The van der Waals surface area contributed by atoms with Gasteiger partial charge in [-0.3, -0.25) is 29.4 Å². The van der Waals surface area contributed by atoms with Crippen molar-refractivity contribution in [1.82, 2.24) is 19.8 Å². The van der Waals surface area contributed by atoms with Gasteiger partial charge in [0.2, 0.25) is 0 Å². The molecule has 4 aromatic rings. The third-order valence-corrected chi connectivity index (χ3v) is 5.71. The number of aliphatic carboxylic acids is 2. The molecule has 0 fully saturated rings. The SMILES string of the molecule is O=C(O)CN(CCN(Cc1nccc2ccccc12)Cc1nccc2ccccc12)CC(=O)O. The maximum Gasteiger partial charge on any atom is 0.317 e. The van der Waals surface area contributed by atoms with E-state index in [1.165, 1.54) is 4.90 Å². The number of fused-ring (bicyclic) bond motifs is 2. The molecule has 0 radical (unpaired) electrons. The molecule has 0 unspecified atom stereocenters. The Morgan fingerprint density at radius 3 is 1.56 bits per heavy atom. The van der Waals surface area contributed by atoms with Crippen molar-refractivity contribution in [1.29, 1.82) is 0 Å². The van der Waals surface area contributed by atoms with Crippen LogP contribution in [0, 0.1) is 0 Å². The average molecular weight is 459 g/mol. The fourth-order valence-corrected chi connectivity index (χ4v) is 4.13. The zero-order chi connectivity index (χ0) is 23.9. The third-order valence-electron chi connectivity index (χ3n) is 5.71. The number of hydrogen-bond donors (Lipinski definition) is 2. The molecular weight excluding hydrogens is 432 g/mol. The van der Waals surface area contributed by atoms with Gasteiger partial charge in [-0.15, -0.1) is 0 Å². The molecule has 0 spiro atoms. The maximum absolute atomic E-state index is 11.2. The highest BCUT2D eigenvalue weighted by molar-refractivity contribution is 5.85. The number of benzene rings is 2. The number of carboxylic acid groups (broad SMARTS) is 2. The maximum atomic E-state index is 11.2. The van der Waals surface area contributed by atoms with E-state index in [1.54, 1.807) is 12.4 Å². The van der Waals surface area contributed by atoms with Crippen LogP contribution in [0.3, 0.4) is 0 Å². The van der Waals surface area contributed by atoms with Crippen LogP contribution in [0.1, 0.15) is 11.4 Å². The lowest BCUT2D eigenvalue weighted by atomic mass is 10.1. The van der Waals surface area contributed by atoms with Gasteiger partial charge >= 0.3 is 11.9 Å². The summed E-state index contributed by atoms with van der Waals surface area (Å²) in [5.74, 6) is -2.11. The van der Waals surface area contributed by atoms with Crippen LogP contribution in [0.2, 0.25) is 0 Å². The van der Waals surface area contributed by atoms with E-state index in [2.05, 4.69) is 14.9 Å². The Kier molecular flexibility index (Phi) is 7.41. The van der Waals surface area contributed by atoms with Crippen LogP contribution < -0.4 is 0 Å². The minimum absolute atomic E-state index is 0.286. The highest BCUT2D eigenvalue weighted by Gasteiger charge is 2.18. The van der Waals surface area contributed by atoms with Crippen LogP contribution in [0.25, 0.3) is 21.5 Å². The van der Waals surface area contributed by atoms with E-state index in [-0.39, 0.29) is 19.6 Å². The van der Waals surface area contributed by atoms with Crippen molar-refractivity contribution < 1.29 is 19.8 Å². The molecule has 0 atom stereocenters. The molecule has 2 aromatic heterocycles. The molecule has 0 saturated carbocycles. The second kappa shape index (κ2) is 10.8. The van der Waals surface area contributed by atoms with E-state index >= 15 is 0 Å². The molecule has 174 valence electrons. The Balaban J connectivity index is 1.62. The Hall–Kier alpha value is -3.88. The van der Waals surface area contributed by atoms with Crippen molar-refractivity contribution in [2.75, 3.05) is 26.2 Å². The van der Waals surface area contributed by atoms with E-state index in [4.69, 9.17) is 0 Å². The molecule has 0 saturated heterocycles. The summed E-state index contributed by atoms with van der Waals surface area (Å²) in [6, 6.07) is 20.0. The Bertz CT molecular complexity index is 1200. The molecule has 8 nitrogen and oxygen atoms in total. The number of aromatic nitrogens is 2. The average Bonchev–Trinajstić information content (AvgIpc) is 2.82. The Morgan fingerprint density at radius 1 is 0.647 bits per heavy atom. The number of carboxylic acids is 2.